The summed E-state index contributed by atoms with van der Waals surface area (Å²) in [5, 5.41) is 12.3. The number of carbonyl (C=O) groups excluding carboxylic acids is 2. The third kappa shape index (κ3) is 3.81. The van der Waals surface area contributed by atoms with E-state index in [-0.39, 0.29) is 31.1 Å². The Hall–Kier alpha value is -0.910. The zero-order valence-corrected chi connectivity index (χ0v) is 12.7. The highest BCUT2D eigenvalue weighted by atomic mass is 35.5. The highest BCUT2D eigenvalue weighted by Crippen LogP contribution is 2.29. The molecule has 1 saturated carbocycles. The number of rotatable bonds is 6. The number of aliphatic hydroxyl groups is 1. The van der Waals surface area contributed by atoms with Crippen LogP contribution in [0.1, 0.15) is 48.2 Å². The van der Waals surface area contributed by atoms with E-state index in [0.717, 1.165) is 25.7 Å². The fraction of sp³-hybridized carbons (Fsp3) is 0.571. The summed E-state index contributed by atoms with van der Waals surface area (Å²) in [5.41, 5.74) is -0.466. The monoisotopic (exact) mass is 315 g/mol. The molecular weight excluding hydrogens is 298 g/mol. The average molecular weight is 316 g/mol. The van der Waals surface area contributed by atoms with E-state index in [1.807, 2.05) is 0 Å². The second-order valence-corrected chi connectivity index (χ2v) is 6.94. The van der Waals surface area contributed by atoms with Crippen LogP contribution in [0.25, 0.3) is 0 Å². The SMILES string of the molecule is O=C(CCC(=O)c1ccc(Cl)s1)NC1(CO)CCCC1. The van der Waals surface area contributed by atoms with Gasteiger partial charge in [-0.3, -0.25) is 9.59 Å². The standard InChI is InChI=1S/C14H18ClNO3S/c15-12-5-4-11(20-12)10(18)3-6-13(19)16-14(9-17)7-1-2-8-14/h4-5,17H,1-3,6-9H2,(H,16,19). The maximum absolute atomic E-state index is 11.9. The molecule has 1 fully saturated rings. The van der Waals surface area contributed by atoms with Gasteiger partial charge in [-0.25, -0.2) is 0 Å². The van der Waals surface area contributed by atoms with E-state index < -0.39 is 5.54 Å². The fourth-order valence-corrected chi connectivity index (χ4v) is 3.56. The van der Waals surface area contributed by atoms with Gasteiger partial charge in [0.15, 0.2) is 5.78 Å². The van der Waals surface area contributed by atoms with Gasteiger partial charge >= 0.3 is 0 Å². The highest BCUT2D eigenvalue weighted by molar-refractivity contribution is 7.18. The fourth-order valence-electron chi connectivity index (χ4n) is 2.55. The molecule has 2 rings (SSSR count). The number of nitrogens with one attached hydrogen (secondary N) is 1. The Morgan fingerprint density at radius 1 is 1.30 bits per heavy atom. The summed E-state index contributed by atoms with van der Waals surface area (Å²) in [7, 11) is 0. The molecule has 0 aliphatic heterocycles. The summed E-state index contributed by atoms with van der Waals surface area (Å²) in [6.45, 7) is -0.0345. The molecule has 1 aliphatic rings. The summed E-state index contributed by atoms with van der Waals surface area (Å²) in [4.78, 5) is 24.4. The largest absolute Gasteiger partial charge is 0.394 e. The van der Waals surface area contributed by atoms with Crippen molar-refractivity contribution in [2.45, 2.75) is 44.1 Å². The molecule has 0 spiro atoms. The van der Waals surface area contributed by atoms with Gasteiger partial charge in [-0.1, -0.05) is 24.4 Å². The molecule has 1 aromatic rings. The Labute approximate surface area is 127 Å². The number of hydrogen-bond donors (Lipinski definition) is 2. The van der Waals surface area contributed by atoms with Crippen LogP contribution < -0.4 is 5.32 Å². The molecule has 4 nitrogen and oxygen atoms in total. The number of thiophene rings is 1. The Morgan fingerprint density at radius 2 is 2.00 bits per heavy atom. The minimum atomic E-state index is -0.466. The zero-order valence-electron chi connectivity index (χ0n) is 11.2. The van der Waals surface area contributed by atoms with Crippen molar-refractivity contribution in [3.63, 3.8) is 0 Å². The van der Waals surface area contributed by atoms with Crippen molar-refractivity contribution in [1.29, 1.82) is 0 Å². The predicted octanol–water partition coefficient (Wildman–Crippen LogP) is 2.79. The summed E-state index contributed by atoms with van der Waals surface area (Å²) in [6.07, 6.45) is 3.98. The van der Waals surface area contributed by atoms with Gasteiger partial charge in [0, 0.05) is 12.8 Å². The number of halogens is 1. The van der Waals surface area contributed by atoms with Crippen molar-refractivity contribution in [3.05, 3.63) is 21.3 Å². The highest BCUT2D eigenvalue weighted by Gasteiger charge is 2.34. The van der Waals surface area contributed by atoms with Crippen molar-refractivity contribution in [2.24, 2.45) is 0 Å². The van der Waals surface area contributed by atoms with Crippen LogP contribution in [0.2, 0.25) is 4.34 Å². The van der Waals surface area contributed by atoms with Crippen molar-refractivity contribution < 1.29 is 14.7 Å². The van der Waals surface area contributed by atoms with Crippen LogP contribution in [0.4, 0.5) is 0 Å². The molecule has 2 N–H and O–H groups in total. The van der Waals surface area contributed by atoms with Gasteiger partial charge in [0.1, 0.15) is 0 Å². The van der Waals surface area contributed by atoms with Gasteiger partial charge in [-0.05, 0) is 25.0 Å². The van der Waals surface area contributed by atoms with Gasteiger partial charge in [0.05, 0.1) is 21.4 Å². The number of Topliss-reactive ketones (excluding diaryl/α,β-unsaturated/α-hetero) is 1. The number of amides is 1. The Balaban J connectivity index is 1.81. The number of ketones is 1. The first kappa shape index (κ1) is 15.5. The van der Waals surface area contributed by atoms with Crippen LogP contribution in [0.3, 0.4) is 0 Å². The lowest BCUT2D eigenvalue weighted by Gasteiger charge is -2.27. The molecule has 6 heteroatoms. The molecule has 0 saturated heterocycles. The molecule has 0 radical (unpaired) electrons. The average Bonchev–Trinajstić information content (AvgIpc) is 3.06. The van der Waals surface area contributed by atoms with Gasteiger partial charge in [0.25, 0.3) is 0 Å². The Kier molecular flexibility index (Phi) is 5.18. The van der Waals surface area contributed by atoms with Crippen molar-refractivity contribution in [3.8, 4) is 0 Å². The van der Waals surface area contributed by atoms with Gasteiger partial charge < -0.3 is 10.4 Å². The second kappa shape index (κ2) is 6.70. The van der Waals surface area contributed by atoms with E-state index in [2.05, 4.69) is 5.32 Å². The van der Waals surface area contributed by atoms with E-state index >= 15 is 0 Å². The van der Waals surface area contributed by atoms with Crippen LogP contribution in [0, 0.1) is 0 Å². The van der Waals surface area contributed by atoms with Gasteiger partial charge in [-0.2, -0.15) is 0 Å². The van der Waals surface area contributed by atoms with Gasteiger partial charge in [0.2, 0.25) is 5.91 Å². The minimum Gasteiger partial charge on any atom is -0.394 e. The Bertz CT molecular complexity index is 494. The van der Waals surface area contributed by atoms with Crippen molar-refractivity contribution >= 4 is 34.6 Å². The van der Waals surface area contributed by atoms with E-state index in [1.165, 1.54) is 11.3 Å². The molecule has 1 amide bonds. The lowest BCUT2D eigenvalue weighted by Crippen LogP contribution is -2.49. The lowest BCUT2D eigenvalue weighted by molar-refractivity contribution is -0.123. The Morgan fingerprint density at radius 3 is 2.55 bits per heavy atom. The predicted molar refractivity (Wildman–Crippen MR) is 79.3 cm³/mol. The molecule has 110 valence electrons. The first-order valence-electron chi connectivity index (χ1n) is 6.75. The second-order valence-electron chi connectivity index (χ2n) is 5.22. The lowest BCUT2D eigenvalue weighted by atomic mass is 9.98. The maximum Gasteiger partial charge on any atom is 0.220 e. The minimum absolute atomic E-state index is 0.0345. The molecule has 0 aromatic carbocycles. The summed E-state index contributed by atoms with van der Waals surface area (Å²) in [5.74, 6) is -0.238. The smallest absolute Gasteiger partial charge is 0.220 e. The molecule has 20 heavy (non-hydrogen) atoms. The summed E-state index contributed by atoms with van der Waals surface area (Å²) < 4.78 is 0.572. The quantitative estimate of drug-likeness (QED) is 0.793. The summed E-state index contributed by atoms with van der Waals surface area (Å²) in [6, 6.07) is 3.36. The van der Waals surface area contributed by atoms with E-state index in [0.29, 0.717) is 9.21 Å². The first-order chi connectivity index (χ1) is 9.54. The third-order valence-corrected chi connectivity index (χ3v) is 4.97. The van der Waals surface area contributed by atoms with Crippen LogP contribution in [0.5, 0.6) is 0 Å². The van der Waals surface area contributed by atoms with E-state index in [1.54, 1.807) is 12.1 Å². The molecule has 0 unspecified atom stereocenters. The molecule has 1 heterocycles. The van der Waals surface area contributed by atoms with Crippen molar-refractivity contribution in [1.82, 2.24) is 5.32 Å². The summed E-state index contributed by atoms with van der Waals surface area (Å²) >= 11 is 7.01. The number of carbonyl (C=O) groups is 2. The van der Waals surface area contributed by atoms with Crippen LogP contribution >= 0.6 is 22.9 Å². The molecule has 0 bridgehead atoms. The molecule has 1 aromatic heterocycles. The molecular formula is C14H18ClNO3S. The molecule has 1 aliphatic carbocycles. The first-order valence-corrected chi connectivity index (χ1v) is 7.94. The van der Waals surface area contributed by atoms with Crippen molar-refractivity contribution in [2.75, 3.05) is 6.61 Å². The van der Waals surface area contributed by atoms with Gasteiger partial charge in [-0.15, -0.1) is 11.3 Å². The molecule has 0 atom stereocenters. The number of hydrogen-bond acceptors (Lipinski definition) is 4. The maximum atomic E-state index is 11.9. The zero-order chi connectivity index (χ0) is 14.6. The van der Waals surface area contributed by atoms with E-state index in [4.69, 9.17) is 11.6 Å². The van der Waals surface area contributed by atoms with Crippen LogP contribution in [-0.2, 0) is 4.79 Å². The topological polar surface area (TPSA) is 66.4 Å². The normalized spacial score (nSPS) is 17.1. The van der Waals surface area contributed by atoms with Crippen LogP contribution in [0.15, 0.2) is 12.1 Å². The number of aliphatic hydroxyl groups excluding tert-OH is 1. The van der Waals surface area contributed by atoms with Crippen LogP contribution in [-0.4, -0.2) is 28.9 Å². The third-order valence-electron chi connectivity index (χ3n) is 3.70. The van der Waals surface area contributed by atoms with E-state index in [9.17, 15) is 14.7 Å².